The third kappa shape index (κ3) is 11.4. The van der Waals surface area contributed by atoms with Crippen LogP contribution in [-0.2, 0) is 27.1 Å². The minimum absolute atomic E-state index is 0.00586. The Morgan fingerprint density at radius 1 is 0.313 bits per heavy atom. The van der Waals surface area contributed by atoms with E-state index in [1.165, 1.54) is 54.7 Å². The first-order chi connectivity index (χ1) is 47.2. The smallest absolute Gasteiger partial charge is 0.145 e. The highest BCUT2D eigenvalue weighted by Gasteiger charge is 2.49. The van der Waals surface area contributed by atoms with Crippen molar-refractivity contribution in [2.45, 2.75) is 130 Å². The van der Waals surface area contributed by atoms with Crippen molar-refractivity contribution >= 4 is 108 Å². The molecule has 0 saturated carbocycles. The summed E-state index contributed by atoms with van der Waals surface area (Å²) in [7, 11) is -1.82. The molecule has 1 atom stereocenters. The van der Waals surface area contributed by atoms with Gasteiger partial charge in [-0.2, -0.15) is 0 Å². The molecule has 4 nitrogen and oxygen atoms in total. The van der Waals surface area contributed by atoms with E-state index in [1.54, 1.807) is 0 Å². The molecule has 0 amide bonds. The van der Waals surface area contributed by atoms with Gasteiger partial charge < -0.3 is 19.1 Å². The highest BCUT2D eigenvalue weighted by atomic mass is 28.3. The molecule has 0 spiro atoms. The molecule has 0 bridgehead atoms. The van der Waals surface area contributed by atoms with Crippen LogP contribution >= 0.6 is 0 Å². The summed E-state index contributed by atoms with van der Waals surface area (Å²) in [4.78, 5) is 7.47. The SMILES string of the molecule is CC(C)(C)c1ccc(N(c2ccc(C(C)(C)C)cc2)c2ccc(C3(c4ccc([Si](C)(C)C)cc4)c4cc(N(c5ccc(C(C)(C)C)cc5)c5cccc6ccccc56)ccc4-c4c3cc(N(c3ccc(C(C)(C)C)cc3)c3cccc5ccccc35)c3c4oc4ccccc43)cc2)cc1. The Morgan fingerprint density at radius 2 is 0.687 bits per heavy atom. The van der Waals surface area contributed by atoms with Crippen LogP contribution in [0.5, 0.6) is 0 Å². The van der Waals surface area contributed by atoms with Crippen LogP contribution in [0.25, 0.3) is 54.6 Å². The zero-order valence-corrected chi connectivity index (χ0v) is 61.3. The normalized spacial score (nSPS) is 14.3. The Bertz CT molecular complexity index is 5290. The Hall–Kier alpha value is -10.2. The van der Waals surface area contributed by atoms with Gasteiger partial charge in [0.15, 0.2) is 0 Å². The lowest BCUT2D eigenvalue weighted by molar-refractivity contribution is 0.590. The van der Waals surface area contributed by atoms with E-state index in [0.717, 1.165) is 101 Å². The summed E-state index contributed by atoms with van der Waals surface area (Å²) in [6, 6.07) is 106. The van der Waals surface area contributed by atoms with Crippen molar-refractivity contribution in [1.82, 2.24) is 0 Å². The predicted octanol–water partition coefficient (Wildman–Crippen LogP) is 26.4. The highest BCUT2D eigenvalue weighted by molar-refractivity contribution is 6.88. The average molecular weight is 1310 g/mol. The summed E-state index contributed by atoms with van der Waals surface area (Å²) >= 11 is 0. The van der Waals surface area contributed by atoms with E-state index in [0.29, 0.717) is 0 Å². The highest BCUT2D eigenvalue weighted by Crippen LogP contribution is 2.62. The number of para-hydroxylation sites is 1. The molecule has 0 radical (unpaired) electrons. The third-order valence-corrected chi connectivity index (χ3v) is 23.0. The summed E-state index contributed by atoms with van der Waals surface area (Å²) in [6.45, 7) is 34.9. The van der Waals surface area contributed by atoms with E-state index < -0.39 is 13.5 Å². The van der Waals surface area contributed by atoms with Crippen molar-refractivity contribution in [1.29, 1.82) is 0 Å². The Morgan fingerprint density at radius 3 is 1.14 bits per heavy atom. The van der Waals surface area contributed by atoms with Gasteiger partial charge in [-0.25, -0.2) is 0 Å². The number of hydrogen-bond donors (Lipinski definition) is 0. The van der Waals surface area contributed by atoms with E-state index in [4.69, 9.17) is 4.42 Å². The van der Waals surface area contributed by atoms with Crippen molar-refractivity contribution in [3.05, 3.63) is 324 Å². The molecular formula is C94H91N3OSi. The fraction of sp³-hybridized carbons (Fsp3) is 0.213. The molecule has 1 unspecified atom stereocenters. The zero-order chi connectivity index (χ0) is 69.1. The minimum Gasteiger partial charge on any atom is -0.455 e. The standard InChI is InChI=1S/C94H91N3OSi/c1-90(2,3)64-34-46-70(47-35-64)95(71-48-36-65(37-49-71)91(4,5)6)72-54-42-68(43-55-72)94(69-44-57-76(58-45-69)99(13,14)15)81-60-75(96(73-50-38-66(39-51-73)92(7,8)9)83-31-22-26-62-24-16-18-28-77(62)83)56-59-79(81)87-82(94)61-85(88-80-30-20-21-33-86(80)98-89(87)88)97(74-52-40-67(41-53-74)93(10,11)12)84-32-23-27-63-25-17-19-29-78(63)84/h16-61H,1-15H3. The molecular weight excluding hydrogens is 1220 g/mol. The van der Waals surface area contributed by atoms with E-state index in [1.807, 2.05) is 0 Å². The summed E-state index contributed by atoms with van der Waals surface area (Å²) in [5.74, 6) is 0. The molecule has 14 aromatic rings. The molecule has 15 rings (SSSR count). The summed E-state index contributed by atoms with van der Waals surface area (Å²) in [5.41, 5.74) is 22.4. The van der Waals surface area contributed by atoms with E-state index in [9.17, 15) is 0 Å². The second-order valence-corrected chi connectivity index (χ2v) is 37.7. The lowest BCUT2D eigenvalue weighted by Crippen LogP contribution is -2.38. The van der Waals surface area contributed by atoms with Crippen molar-refractivity contribution in [2.24, 2.45) is 0 Å². The summed E-state index contributed by atoms with van der Waals surface area (Å²) in [5, 5.41) is 8.23. The summed E-state index contributed by atoms with van der Waals surface area (Å²) < 4.78 is 7.67. The van der Waals surface area contributed by atoms with Crippen LogP contribution in [0, 0.1) is 0 Å². The largest absolute Gasteiger partial charge is 0.455 e. The van der Waals surface area contributed by atoms with Crippen LogP contribution in [0.4, 0.5) is 51.2 Å². The Kier molecular flexibility index (Phi) is 15.7. The second-order valence-electron chi connectivity index (χ2n) is 32.7. The van der Waals surface area contributed by atoms with Gasteiger partial charge in [0.2, 0.25) is 0 Å². The lowest BCUT2D eigenvalue weighted by atomic mass is 9.67. The Labute approximate surface area is 587 Å². The molecule has 1 aliphatic rings. The van der Waals surface area contributed by atoms with Gasteiger partial charge in [-0.3, -0.25) is 0 Å². The van der Waals surface area contributed by atoms with Crippen molar-refractivity contribution < 1.29 is 4.42 Å². The first kappa shape index (κ1) is 64.8. The van der Waals surface area contributed by atoms with Gasteiger partial charge in [-0.05, 0) is 180 Å². The van der Waals surface area contributed by atoms with Gasteiger partial charge in [-0.1, -0.05) is 290 Å². The molecule has 0 fully saturated rings. The van der Waals surface area contributed by atoms with Gasteiger partial charge in [0.05, 0.1) is 35.9 Å². The van der Waals surface area contributed by atoms with Gasteiger partial charge in [0, 0.05) is 55.8 Å². The average Bonchev–Trinajstić information content (AvgIpc) is 1.52. The topological polar surface area (TPSA) is 22.9 Å². The molecule has 1 aliphatic carbocycles. The van der Waals surface area contributed by atoms with Crippen molar-refractivity contribution in [2.75, 3.05) is 14.7 Å². The van der Waals surface area contributed by atoms with E-state index in [-0.39, 0.29) is 21.7 Å². The maximum Gasteiger partial charge on any atom is 0.145 e. The van der Waals surface area contributed by atoms with Gasteiger partial charge in [0.25, 0.3) is 0 Å². The predicted molar refractivity (Wildman–Crippen MR) is 428 cm³/mol. The number of hydrogen-bond acceptors (Lipinski definition) is 4. The van der Waals surface area contributed by atoms with Crippen LogP contribution in [0.3, 0.4) is 0 Å². The molecule has 5 heteroatoms. The maximum atomic E-state index is 7.67. The maximum absolute atomic E-state index is 7.67. The first-order valence-electron chi connectivity index (χ1n) is 35.4. The molecule has 0 saturated heterocycles. The van der Waals surface area contributed by atoms with E-state index >= 15 is 0 Å². The molecule has 13 aromatic carbocycles. The number of anilines is 9. The molecule has 0 aliphatic heterocycles. The second kappa shape index (κ2) is 24.1. The van der Waals surface area contributed by atoms with Crippen LogP contribution < -0.4 is 19.9 Å². The number of fused-ring (bicyclic) bond motifs is 9. The lowest BCUT2D eigenvalue weighted by Gasteiger charge is -2.37. The number of benzene rings is 13. The minimum atomic E-state index is -1.82. The molecule has 99 heavy (non-hydrogen) atoms. The Balaban J connectivity index is 1.08. The quantitative estimate of drug-likeness (QED) is 0.114. The monoisotopic (exact) mass is 1310 g/mol. The van der Waals surface area contributed by atoms with Crippen molar-refractivity contribution in [3.8, 4) is 11.1 Å². The van der Waals surface area contributed by atoms with Crippen LogP contribution in [0.15, 0.2) is 283 Å². The van der Waals surface area contributed by atoms with Crippen LogP contribution in [-0.4, -0.2) is 8.07 Å². The van der Waals surface area contributed by atoms with Crippen LogP contribution in [0.2, 0.25) is 19.6 Å². The van der Waals surface area contributed by atoms with Gasteiger partial charge in [0.1, 0.15) is 11.2 Å². The zero-order valence-electron chi connectivity index (χ0n) is 60.3. The van der Waals surface area contributed by atoms with Gasteiger partial charge >= 0.3 is 0 Å². The number of furan rings is 1. The number of nitrogens with zero attached hydrogens (tertiary/aromatic N) is 3. The molecule has 1 aromatic heterocycles. The van der Waals surface area contributed by atoms with Crippen LogP contribution in [0.1, 0.15) is 128 Å². The fourth-order valence-electron chi connectivity index (χ4n) is 15.4. The summed E-state index contributed by atoms with van der Waals surface area (Å²) in [6.07, 6.45) is 0. The molecule has 0 N–H and O–H groups in total. The van der Waals surface area contributed by atoms with Gasteiger partial charge in [-0.15, -0.1) is 0 Å². The first-order valence-corrected chi connectivity index (χ1v) is 38.9. The molecule has 492 valence electrons. The third-order valence-electron chi connectivity index (χ3n) is 20.9. The number of rotatable bonds is 12. The molecule has 1 heterocycles. The van der Waals surface area contributed by atoms with Crippen molar-refractivity contribution in [3.63, 3.8) is 0 Å². The fourth-order valence-corrected chi connectivity index (χ4v) is 16.5. The van der Waals surface area contributed by atoms with E-state index in [2.05, 4.69) is 396 Å².